The quantitative estimate of drug-likeness (QED) is 0.822. The van der Waals surface area contributed by atoms with Gasteiger partial charge in [-0.2, -0.15) is 0 Å². The van der Waals surface area contributed by atoms with Gasteiger partial charge in [-0.3, -0.25) is 4.79 Å². The van der Waals surface area contributed by atoms with Crippen molar-refractivity contribution in [2.24, 2.45) is 5.92 Å². The molecule has 0 bridgehead atoms. The van der Waals surface area contributed by atoms with Crippen LogP contribution in [0.15, 0.2) is 24.3 Å². The Hall–Kier alpha value is -2.24. The lowest BCUT2D eigenvalue weighted by Gasteiger charge is -2.34. The summed E-state index contributed by atoms with van der Waals surface area (Å²) in [6.07, 6.45) is 3.69. The van der Waals surface area contributed by atoms with Crippen LogP contribution in [0.5, 0.6) is 5.75 Å². The number of likely N-dealkylation sites (tertiary alicyclic amines) is 2. The van der Waals surface area contributed by atoms with Gasteiger partial charge in [0, 0.05) is 32.1 Å². The molecule has 1 N–H and O–H groups in total. The first-order valence-corrected chi connectivity index (χ1v) is 9.65. The van der Waals surface area contributed by atoms with Crippen molar-refractivity contribution < 1.29 is 14.3 Å². The van der Waals surface area contributed by atoms with Crippen molar-refractivity contribution in [3.05, 3.63) is 29.8 Å². The average molecular weight is 359 g/mol. The Balaban J connectivity index is 1.34. The predicted molar refractivity (Wildman–Crippen MR) is 100 cm³/mol. The third-order valence-electron chi connectivity index (χ3n) is 5.27. The Morgan fingerprint density at radius 1 is 1.08 bits per heavy atom. The zero-order chi connectivity index (χ0) is 18.4. The third kappa shape index (κ3) is 4.68. The van der Waals surface area contributed by atoms with Crippen molar-refractivity contribution in [1.82, 2.24) is 15.1 Å². The maximum atomic E-state index is 12.4. The first kappa shape index (κ1) is 18.5. The molecule has 1 aromatic carbocycles. The number of hydrogen-bond acceptors (Lipinski definition) is 3. The van der Waals surface area contributed by atoms with E-state index in [-0.39, 0.29) is 17.9 Å². The number of carbonyl (C=O) groups excluding carboxylic acids is 2. The standard InChI is InChI=1S/C20H29N3O3/c1-16-6-2-3-7-18(16)26-15-10-21-19(24)17-8-13-23(14-9-17)20(25)22-11-4-5-12-22/h2-3,6-7,17H,4-5,8-15H2,1H3,(H,21,24). The van der Waals surface area contributed by atoms with Crippen LogP contribution in [0.25, 0.3) is 0 Å². The van der Waals surface area contributed by atoms with Crippen LogP contribution < -0.4 is 10.1 Å². The summed E-state index contributed by atoms with van der Waals surface area (Å²) >= 11 is 0. The lowest BCUT2D eigenvalue weighted by Crippen LogP contribution is -2.48. The summed E-state index contributed by atoms with van der Waals surface area (Å²) in [5, 5.41) is 2.96. The van der Waals surface area contributed by atoms with Gasteiger partial charge in [0.1, 0.15) is 12.4 Å². The molecular weight excluding hydrogens is 330 g/mol. The SMILES string of the molecule is Cc1ccccc1OCCNC(=O)C1CCN(C(=O)N2CCCC2)CC1. The summed E-state index contributed by atoms with van der Waals surface area (Å²) in [6.45, 7) is 6.06. The maximum absolute atomic E-state index is 12.4. The van der Waals surface area contributed by atoms with Crippen LogP contribution in [0, 0.1) is 12.8 Å². The molecule has 0 radical (unpaired) electrons. The van der Waals surface area contributed by atoms with E-state index in [4.69, 9.17) is 4.74 Å². The smallest absolute Gasteiger partial charge is 0.319 e. The number of benzene rings is 1. The molecule has 2 heterocycles. The van der Waals surface area contributed by atoms with Crippen LogP contribution in [0.3, 0.4) is 0 Å². The highest BCUT2D eigenvalue weighted by Gasteiger charge is 2.30. The molecule has 0 aromatic heterocycles. The van der Waals surface area contributed by atoms with Gasteiger partial charge in [0.15, 0.2) is 0 Å². The number of rotatable bonds is 5. The number of piperidine rings is 1. The summed E-state index contributed by atoms with van der Waals surface area (Å²) in [6, 6.07) is 8.01. The summed E-state index contributed by atoms with van der Waals surface area (Å²) in [4.78, 5) is 28.5. The fourth-order valence-corrected chi connectivity index (χ4v) is 3.64. The fourth-order valence-electron chi connectivity index (χ4n) is 3.64. The monoisotopic (exact) mass is 359 g/mol. The largest absolute Gasteiger partial charge is 0.491 e. The molecule has 0 atom stereocenters. The van der Waals surface area contributed by atoms with Crippen molar-refractivity contribution in [3.8, 4) is 5.75 Å². The van der Waals surface area contributed by atoms with E-state index >= 15 is 0 Å². The molecule has 6 heteroatoms. The Morgan fingerprint density at radius 3 is 2.42 bits per heavy atom. The fraction of sp³-hybridized carbons (Fsp3) is 0.600. The molecule has 3 rings (SSSR count). The van der Waals surface area contributed by atoms with Gasteiger partial charge in [-0.1, -0.05) is 18.2 Å². The van der Waals surface area contributed by atoms with Gasteiger partial charge in [-0.15, -0.1) is 0 Å². The average Bonchev–Trinajstić information content (AvgIpc) is 3.20. The lowest BCUT2D eigenvalue weighted by atomic mass is 9.96. The van der Waals surface area contributed by atoms with E-state index in [1.54, 1.807) is 0 Å². The topological polar surface area (TPSA) is 61.9 Å². The number of amides is 3. The van der Waals surface area contributed by atoms with Crippen molar-refractivity contribution in [2.75, 3.05) is 39.3 Å². The normalized spacial score (nSPS) is 18.0. The van der Waals surface area contributed by atoms with Crippen LogP contribution in [0.4, 0.5) is 4.79 Å². The van der Waals surface area contributed by atoms with E-state index in [1.165, 1.54) is 0 Å². The van der Waals surface area contributed by atoms with Crippen molar-refractivity contribution in [3.63, 3.8) is 0 Å². The van der Waals surface area contributed by atoms with E-state index < -0.39 is 0 Å². The zero-order valence-electron chi connectivity index (χ0n) is 15.6. The molecule has 2 saturated heterocycles. The number of hydrogen-bond donors (Lipinski definition) is 1. The zero-order valence-corrected chi connectivity index (χ0v) is 15.6. The van der Waals surface area contributed by atoms with Gasteiger partial charge in [0.25, 0.3) is 0 Å². The maximum Gasteiger partial charge on any atom is 0.319 e. The number of urea groups is 1. The van der Waals surface area contributed by atoms with Crippen molar-refractivity contribution >= 4 is 11.9 Å². The second-order valence-electron chi connectivity index (χ2n) is 7.14. The minimum atomic E-state index is -0.00362. The van der Waals surface area contributed by atoms with Gasteiger partial charge >= 0.3 is 6.03 Å². The lowest BCUT2D eigenvalue weighted by molar-refractivity contribution is -0.126. The van der Waals surface area contributed by atoms with Gasteiger partial charge in [0.05, 0.1) is 6.54 Å². The number of nitrogens with one attached hydrogen (secondary N) is 1. The van der Waals surface area contributed by atoms with Crippen molar-refractivity contribution in [2.45, 2.75) is 32.6 Å². The molecule has 1 aromatic rings. The van der Waals surface area contributed by atoms with E-state index in [0.717, 1.165) is 50.1 Å². The minimum absolute atomic E-state index is 0.00362. The molecule has 3 amide bonds. The van der Waals surface area contributed by atoms with Crippen molar-refractivity contribution in [1.29, 1.82) is 0 Å². The van der Waals surface area contributed by atoms with E-state index in [1.807, 2.05) is 41.0 Å². The van der Waals surface area contributed by atoms with Gasteiger partial charge in [-0.05, 0) is 44.2 Å². The highest BCUT2D eigenvalue weighted by molar-refractivity contribution is 5.79. The van der Waals surface area contributed by atoms with Crippen LogP contribution in [0.1, 0.15) is 31.2 Å². The van der Waals surface area contributed by atoms with Gasteiger partial charge in [0.2, 0.25) is 5.91 Å². The second-order valence-corrected chi connectivity index (χ2v) is 7.14. The Bertz CT molecular complexity index is 620. The molecule has 2 fully saturated rings. The molecule has 142 valence electrons. The van der Waals surface area contributed by atoms with Crippen LogP contribution in [0.2, 0.25) is 0 Å². The first-order valence-electron chi connectivity index (χ1n) is 9.65. The van der Waals surface area contributed by atoms with Crippen LogP contribution >= 0.6 is 0 Å². The number of carbonyl (C=O) groups is 2. The molecule has 26 heavy (non-hydrogen) atoms. The highest BCUT2D eigenvalue weighted by atomic mass is 16.5. The first-order chi connectivity index (χ1) is 12.6. The summed E-state index contributed by atoms with van der Waals surface area (Å²) in [5.74, 6) is 0.929. The van der Waals surface area contributed by atoms with Gasteiger partial charge < -0.3 is 19.9 Å². The molecule has 2 aliphatic rings. The highest BCUT2D eigenvalue weighted by Crippen LogP contribution is 2.20. The number of para-hydroxylation sites is 1. The van der Waals surface area contributed by atoms with Gasteiger partial charge in [-0.25, -0.2) is 4.79 Å². The number of nitrogens with zero attached hydrogens (tertiary/aromatic N) is 2. The third-order valence-corrected chi connectivity index (χ3v) is 5.27. The van der Waals surface area contributed by atoms with E-state index in [0.29, 0.717) is 26.2 Å². The summed E-state index contributed by atoms with van der Waals surface area (Å²) in [7, 11) is 0. The molecule has 6 nitrogen and oxygen atoms in total. The van der Waals surface area contributed by atoms with Crippen LogP contribution in [-0.4, -0.2) is 61.1 Å². The molecule has 0 saturated carbocycles. The Labute approximate surface area is 155 Å². The molecule has 0 unspecified atom stereocenters. The number of aryl methyl sites for hydroxylation is 1. The molecule has 2 aliphatic heterocycles. The Kier molecular flexibility index (Phi) is 6.36. The molecule has 0 spiro atoms. The van der Waals surface area contributed by atoms with E-state index in [2.05, 4.69) is 5.32 Å². The van der Waals surface area contributed by atoms with E-state index in [9.17, 15) is 9.59 Å². The number of ether oxygens (including phenoxy) is 1. The van der Waals surface area contributed by atoms with Crippen LogP contribution in [-0.2, 0) is 4.79 Å². The summed E-state index contributed by atoms with van der Waals surface area (Å²) < 4.78 is 5.71. The summed E-state index contributed by atoms with van der Waals surface area (Å²) in [5.41, 5.74) is 1.09. The second kappa shape index (κ2) is 8.92. The molecule has 0 aliphatic carbocycles. The minimum Gasteiger partial charge on any atom is -0.491 e. The molecular formula is C20H29N3O3. The predicted octanol–water partition coefficient (Wildman–Crippen LogP) is 2.42. The Morgan fingerprint density at radius 2 is 1.73 bits per heavy atom.